The van der Waals surface area contributed by atoms with E-state index in [0.717, 1.165) is 37.8 Å². The Balaban J connectivity index is 1.59. The number of rotatable bonds is 7. The molecule has 1 aromatic carbocycles. The number of hydrogen-bond acceptors (Lipinski definition) is 3. The number of nitrogens with zero attached hydrogens (tertiary/aromatic N) is 1. The maximum Gasteiger partial charge on any atom is 0.234 e. The number of thiocarbonyl (C=S) groups is 1. The summed E-state index contributed by atoms with van der Waals surface area (Å²) in [6.45, 7) is 3.25. The van der Waals surface area contributed by atoms with E-state index in [9.17, 15) is 9.59 Å². The summed E-state index contributed by atoms with van der Waals surface area (Å²) in [5.41, 5.74) is 0.875. The van der Waals surface area contributed by atoms with E-state index in [1.807, 2.05) is 24.3 Å². The molecule has 152 valence electrons. The lowest BCUT2D eigenvalue weighted by Gasteiger charge is -2.43. The van der Waals surface area contributed by atoms with E-state index in [-0.39, 0.29) is 29.7 Å². The van der Waals surface area contributed by atoms with Crippen LogP contribution in [0.25, 0.3) is 0 Å². The highest BCUT2D eigenvalue weighted by Gasteiger charge is 2.44. The molecule has 0 spiro atoms. The maximum absolute atomic E-state index is 13.1. The number of nitrogens with one attached hydrogen (secondary N) is 2. The first-order valence-corrected chi connectivity index (χ1v) is 10.9. The van der Waals surface area contributed by atoms with E-state index in [4.69, 9.17) is 23.8 Å². The summed E-state index contributed by atoms with van der Waals surface area (Å²) in [6, 6.07) is 7.42. The van der Waals surface area contributed by atoms with E-state index in [0.29, 0.717) is 29.5 Å². The highest BCUT2D eigenvalue weighted by molar-refractivity contribution is 7.80. The predicted molar refractivity (Wildman–Crippen MR) is 115 cm³/mol. The van der Waals surface area contributed by atoms with Gasteiger partial charge in [0.05, 0.1) is 12.5 Å². The molecule has 1 saturated heterocycles. The second-order valence-electron chi connectivity index (χ2n) is 7.69. The average molecular weight is 422 g/mol. The molecule has 1 aliphatic heterocycles. The van der Waals surface area contributed by atoms with E-state index in [2.05, 4.69) is 17.6 Å². The Kier molecular flexibility index (Phi) is 7.30. The van der Waals surface area contributed by atoms with Crippen LogP contribution in [0.1, 0.15) is 51.0 Å². The number of halogens is 1. The van der Waals surface area contributed by atoms with Crippen LogP contribution in [0.5, 0.6) is 0 Å². The van der Waals surface area contributed by atoms with Crippen LogP contribution >= 0.6 is 23.8 Å². The van der Waals surface area contributed by atoms with Crippen molar-refractivity contribution in [3.8, 4) is 0 Å². The van der Waals surface area contributed by atoms with Crippen LogP contribution in [-0.4, -0.2) is 34.4 Å². The molecule has 7 heteroatoms. The SMILES string of the molecule is CCCCCNC(=O)C1CCC2C(=O)N(Cc3ccccc3Cl)C(=S)NC2C1. The number of benzene rings is 1. The van der Waals surface area contributed by atoms with Crippen molar-refractivity contribution < 1.29 is 9.59 Å². The van der Waals surface area contributed by atoms with Crippen LogP contribution in [0.15, 0.2) is 24.3 Å². The molecule has 28 heavy (non-hydrogen) atoms. The quantitative estimate of drug-likeness (QED) is 0.521. The zero-order valence-corrected chi connectivity index (χ0v) is 17.8. The van der Waals surface area contributed by atoms with Gasteiger partial charge in [0.1, 0.15) is 0 Å². The van der Waals surface area contributed by atoms with E-state index in [1.54, 1.807) is 4.90 Å². The summed E-state index contributed by atoms with van der Waals surface area (Å²) < 4.78 is 0. The fraction of sp³-hybridized carbons (Fsp3) is 0.571. The minimum Gasteiger partial charge on any atom is -0.359 e. The first-order valence-electron chi connectivity index (χ1n) is 10.1. The van der Waals surface area contributed by atoms with Gasteiger partial charge in [0.15, 0.2) is 5.11 Å². The molecule has 2 N–H and O–H groups in total. The molecule has 0 bridgehead atoms. The van der Waals surface area contributed by atoms with Crippen molar-refractivity contribution in [2.24, 2.45) is 11.8 Å². The molecule has 0 radical (unpaired) electrons. The van der Waals surface area contributed by atoms with Gasteiger partial charge in [-0.3, -0.25) is 14.5 Å². The molecule has 0 aromatic heterocycles. The van der Waals surface area contributed by atoms with Gasteiger partial charge in [-0.25, -0.2) is 0 Å². The smallest absolute Gasteiger partial charge is 0.234 e. The zero-order valence-electron chi connectivity index (χ0n) is 16.2. The summed E-state index contributed by atoms with van der Waals surface area (Å²) in [5.74, 6) is -0.0527. The lowest BCUT2D eigenvalue weighted by molar-refractivity contribution is -0.138. The number of fused-ring (bicyclic) bond motifs is 1. The van der Waals surface area contributed by atoms with Crippen molar-refractivity contribution in [1.82, 2.24) is 15.5 Å². The third-order valence-electron chi connectivity index (χ3n) is 5.72. The van der Waals surface area contributed by atoms with Crippen LogP contribution < -0.4 is 10.6 Å². The van der Waals surface area contributed by atoms with Crippen LogP contribution in [-0.2, 0) is 16.1 Å². The molecule has 3 rings (SSSR count). The topological polar surface area (TPSA) is 61.4 Å². The van der Waals surface area contributed by atoms with Crippen LogP contribution in [0.2, 0.25) is 5.02 Å². The number of unbranched alkanes of at least 4 members (excludes halogenated alkanes) is 2. The normalized spacial score (nSPS) is 24.5. The van der Waals surface area contributed by atoms with E-state index in [1.165, 1.54) is 0 Å². The Hall–Kier alpha value is -1.66. The molecule has 2 fully saturated rings. The molecular weight excluding hydrogens is 394 g/mol. The monoisotopic (exact) mass is 421 g/mol. The second-order valence-corrected chi connectivity index (χ2v) is 8.48. The van der Waals surface area contributed by atoms with Crippen LogP contribution in [0.4, 0.5) is 0 Å². The Bertz CT molecular complexity index is 742. The predicted octanol–water partition coefficient (Wildman–Crippen LogP) is 3.65. The minimum absolute atomic E-state index is 0.0375. The average Bonchev–Trinajstić information content (AvgIpc) is 2.69. The molecule has 2 amide bonds. The number of carbonyl (C=O) groups excluding carboxylic acids is 2. The van der Waals surface area contributed by atoms with Crippen LogP contribution in [0, 0.1) is 11.8 Å². The lowest BCUT2D eigenvalue weighted by Crippen LogP contribution is -2.61. The Morgan fingerprint density at radius 1 is 1.32 bits per heavy atom. The number of hydrogen-bond donors (Lipinski definition) is 2. The number of carbonyl (C=O) groups is 2. The molecule has 1 saturated carbocycles. The fourth-order valence-electron chi connectivity index (χ4n) is 4.08. The minimum atomic E-state index is -0.140. The summed E-state index contributed by atoms with van der Waals surface area (Å²) in [6.07, 6.45) is 5.36. The van der Waals surface area contributed by atoms with Gasteiger partial charge >= 0.3 is 0 Å². The molecule has 2 aliphatic rings. The van der Waals surface area contributed by atoms with Crippen molar-refractivity contribution in [2.45, 2.75) is 58.0 Å². The van der Waals surface area contributed by atoms with Gasteiger partial charge in [-0.2, -0.15) is 0 Å². The van der Waals surface area contributed by atoms with Gasteiger partial charge in [-0.15, -0.1) is 0 Å². The summed E-state index contributed by atoms with van der Waals surface area (Å²) in [7, 11) is 0. The van der Waals surface area contributed by atoms with Crippen molar-refractivity contribution in [3.05, 3.63) is 34.9 Å². The molecule has 1 aliphatic carbocycles. The van der Waals surface area contributed by atoms with Crippen LogP contribution in [0.3, 0.4) is 0 Å². The fourth-order valence-corrected chi connectivity index (χ4v) is 4.58. The highest BCUT2D eigenvalue weighted by Crippen LogP contribution is 2.34. The maximum atomic E-state index is 13.1. The summed E-state index contributed by atoms with van der Waals surface area (Å²) in [5, 5.41) is 7.41. The van der Waals surface area contributed by atoms with Gasteiger partial charge in [0.2, 0.25) is 11.8 Å². The third kappa shape index (κ3) is 4.84. The summed E-state index contributed by atoms with van der Waals surface area (Å²) >= 11 is 11.7. The van der Waals surface area contributed by atoms with Gasteiger partial charge in [0.25, 0.3) is 0 Å². The van der Waals surface area contributed by atoms with Crippen molar-refractivity contribution in [1.29, 1.82) is 0 Å². The lowest BCUT2D eigenvalue weighted by atomic mass is 9.76. The summed E-state index contributed by atoms with van der Waals surface area (Å²) in [4.78, 5) is 27.1. The Labute approximate surface area is 177 Å². The third-order valence-corrected chi connectivity index (χ3v) is 6.43. The van der Waals surface area contributed by atoms with Crippen molar-refractivity contribution in [2.75, 3.05) is 6.54 Å². The molecule has 5 nitrogen and oxygen atoms in total. The van der Waals surface area contributed by atoms with Gasteiger partial charge in [-0.05, 0) is 49.5 Å². The van der Waals surface area contributed by atoms with E-state index < -0.39 is 0 Å². The Morgan fingerprint density at radius 2 is 2.11 bits per heavy atom. The molecular formula is C21H28ClN3O2S. The van der Waals surface area contributed by atoms with Gasteiger partial charge in [0, 0.05) is 23.5 Å². The molecule has 1 aromatic rings. The first kappa shape index (κ1) is 21.1. The van der Waals surface area contributed by atoms with Crippen molar-refractivity contribution >= 4 is 40.7 Å². The second kappa shape index (κ2) is 9.70. The number of amides is 2. The van der Waals surface area contributed by atoms with Gasteiger partial charge < -0.3 is 10.6 Å². The van der Waals surface area contributed by atoms with E-state index >= 15 is 0 Å². The molecule has 1 heterocycles. The molecule has 3 unspecified atom stereocenters. The zero-order chi connectivity index (χ0) is 20.1. The Morgan fingerprint density at radius 3 is 2.86 bits per heavy atom. The molecule has 3 atom stereocenters. The van der Waals surface area contributed by atoms with Gasteiger partial charge in [-0.1, -0.05) is 49.6 Å². The largest absolute Gasteiger partial charge is 0.359 e. The first-order chi connectivity index (χ1) is 13.5. The highest BCUT2D eigenvalue weighted by atomic mass is 35.5. The standard InChI is InChI=1S/C21H28ClN3O2S/c1-2-3-6-11-23-19(26)14-9-10-16-18(12-14)24-21(28)25(20(16)27)13-15-7-4-5-8-17(15)22/h4-5,7-8,14,16,18H,2-3,6,9-13H2,1H3,(H,23,26)(H,24,28). The van der Waals surface area contributed by atoms with Crippen molar-refractivity contribution in [3.63, 3.8) is 0 Å².